The number of benzene rings is 1. The van der Waals surface area contributed by atoms with Crippen molar-refractivity contribution in [3.05, 3.63) is 24.3 Å². The highest BCUT2D eigenvalue weighted by Crippen LogP contribution is 2.19. The van der Waals surface area contributed by atoms with Gasteiger partial charge >= 0.3 is 0 Å². The molecule has 0 spiro atoms. The largest absolute Gasteiger partial charge is 0.241 e. The Morgan fingerprint density at radius 2 is 1.65 bits per heavy atom. The molecule has 0 atom stereocenters. The number of primary sulfonamides is 1. The van der Waals surface area contributed by atoms with Gasteiger partial charge < -0.3 is 0 Å². The van der Waals surface area contributed by atoms with Crippen molar-refractivity contribution in [2.75, 3.05) is 6.54 Å². The summed E-state index contributed by atoms with van der Waals surface area (Å²) in [5, 5.41) is 5.03. The van der Waals surface area contributed by atoms with E-state index in [1.165, 1.54) is 24.3 Å². The molecule has 0 unspecified atom stereocenters. The molecule has 6 nitrogen and oxygen atoms in total. The zero-order chi connectivity index (χ0) is 15.4. The van der Waals surface area contributed by atoms with Crippen molar-refractivity contribution in [2.24, 2.45) is 11.1 Å². The first-order valence-corrected chi connectivity index (χ1v) is 9.29. The van der Waals surface area contributed by atoms with Gasteiger partial charge in [-0.15, -0.1) is 0 Å². The van der Waals surface area contributed by atoms with Gasteiger partial charge in [0.15, 0.2) is 0 Å². The summed E-state index contributed by atoms with van der Waals surface area (Å²) < 4.78 is 49.4. The van der Waals surface area contributed by atoms with E-state index in [4.69, 9.17) is 5.14 Å². The molecule has 3 N–H and O–H groups in total. The van der Waals surface area contributed by atoms with Gasteiger partial charge in [0.2, 0.25) is 20.0 Å². The molecule has 0 bridgehead atoms. The van der Waals surface area contributed by atoms with Crippen molar-refractivity contribution in [3.8, 4) is 0 Å². The van der Waals surface area contributed by atoms with E-state index in [2.05, 4.69) is 4.72 Å². The first-order valence-electron chi connectivity index (χ1n) is 6.26. The van der Waals surface area contributed by atoms with Gasteiger partial charge in [0, 0.05) is 6.54 Å². The van der Waals surface area contributed by atoms with Crippen LogP contribution in [0.2, 0.25) is 0 Å². The molecular formula is C12H20N2O4S2. The number of rotatable bonds is 7. The van der Waals surface area contributed by atoms with Crippen LogP contribution in [0.5, 0.6) is 0 Å². The molecule has 114 valence electrons. The van der Waals surface area contributed by atoms with Crippen molar-refractivity contribution < 1.29 is 16.8 Å². The van der Waals surface area contributed by atoms with E-state index in [1.54, 1.807) is 0 Å². The van der Waals surface area contributed by atoms with E-state index >= 15 is 0 Å². The molecule has 0 aliphatic heterocycles. The molecule has 8 heteroatoms. The van der Waals surface area contributed by atoms with Crippen LogP contribution in [0.3, 0.4) is 0 Å². The molecule has 1 rings (SSSR count). The lowest BCUT2D eigenvalue weighted by molar-refractivity contribution is 0.538. The normalized spacial score (nSPS) is 12.8. The summed E-state index contributed by atoms with van der Waals surface area (Å²) in [6, 6.07) is 5.29. The van der Waals surface area contributed by atoms with Crippen LogP contribution in [-0.4, -0.2) is 23.4 Å². The average Bonchev–Trinajstić information content (AvgIpc) is 2.33. The topological polar surface area (TPSA) is 106 Å². The molecule has 0 amide bonds. The Morgan fingerprint density at radius 1 is 1.10 bits per heavy atom. The van der Waals surface area contributed by atoms with E-state index in [-0.39, 0.29) is 11.4 Å². The van der Waals surface area contributed by atoms with Crippen LogP contribution in [0.15, 0.2) is 34.1 Å². The molecule has 0 radical (unpaired) electrons. The highest BCUT2D eigenvalue weighted by molar-refractivity contribution is 7.92. The quantitative estimate of drug-likeness (QED) is 0.732. The second kappa shape index (κ2) is 6.66. The predicted octanol–water partition coefficient (Wildman–Crippen LogP) is 1.05. The molecule has 0 saturated carbocycles. The fourth-order valence-corrected chi connectivity index (χ4v) is 4.16. The molecule has 0 fully saturated rings. The summed E-state index contributed by atoms with van der Waals surface area (Å²) in [4.78, 5) is -0.705. The fraction of sp³-hybridized carbons (Fsp3) is 0.500. The van der Waals surface area contributed by atoms with Crippen LogP contribution in [0.25, 0.3) is 0 Å². The standard InChI is InChI=1S/C12H20N2O4S2/c1-10(2)6-5-9-14-20(17,18)12-8-4-3-7-11(12)19(13,15)16/h3-4,7-8,10,14H,5-6,9H2,1-2H3,(H2,13,15,16). The molecule has 0 heterocycles. The Morgan fingerprint density at radius 3 is 2.15 bits per heavy atom. The van der Waals surface area contributed by atoms with Crippen LogP contribution in [0, 0.1) is 5.92 Å². The summed E-state index contributed by atoms with van der Waals surface area (Å²) in [7, 11) is -7.96. The highest BCUT2D eigenvalue weighted by atomic mass is 32.2. The molecule has 0 aromatic heterocycles. The summed E-state index contributed by atoms with van der Waals surface area (Å²) in [6.45, 7) is 4.36. The van der Waals surface area contributed by atoms with Crippen molar-refractivity contribution in [1.29, 1.82) is 0 Å². The van der Waals surface area contributed by atoms with Gasteiger partial charge in [-0.2, -0.15) is 0 Å². The van der Waals surface area contributed by atoms with Crippen LogP contribution in [0.1, 0.15) is 26.7 Å². The van der Waals surface area contributed by atoms with Crippen LogP contribution in [-0.2, 0) is 20.0 Å². The zero-order valence-electron chi connectivity index (χ0n) is 11.5. The second-order valence-electron chi connectivity index (χ2n) is 4.93. The van der Waals surface area contributed by atoms with Gasteiger partial charge in [0.25, 0.3) is 0 Å². The first kappa shape index (κ1) is 17.1. The van der Waals surface area contributed by atoms with Crippen molar-refractivity contribution in [1.82, 2.24) is 4.72 Å². The average molecular weight is 320 g/mol. The number of nitrogens with two attached hydrogens (primary N) is 1. The van der Waals surface area contributed by atoms with Gasteiger partial charge in [-0.1, -0.05) is 26.0 Å². The molecule has 0 aliphatic rings. The van der Waals surface area contributed by atoms with Crippen molar-refractivity contribution in [2.45, 2.75) is 36.5 Å². The van der Waals surface area contributed by atoms with Gasteiger partial charge in [0.05, 0.1) is 0 Å². The zero-order valence-corrected chi connectivity index (χ0v) is 13.2. The number of nitrogens with one attached hydrogen (secondary N) is 1. The maximum absolute atomic E-state index is 12.1. The van der Waals surface area contributed by atoms with E-state index in [9.17, 15) is 16.8 Å². The molecular weight excluding hydrogens is 300 g/mol. The lowest BCUT2D eigenvalue weighted by atomic mass is 10.1. The molecule has 0 aliphatic carbocycles. The Labute approximate surface area is 120 Å². The minimum Gasteiger partial charge on any atom is -0.225 e. The second-order valence-corrected chi connectivity index (χ2v) is 8.19. The van der Waals surface area contributed by atoms with Gasteiger partial charge in [-0.25, -0.2) is 26.7 Å². The minimum atomic E-state index is -4.08. The van der Waals surface area contributed by atoms with Gasteiger partial charge in [-0.3, -0.25) is 0 Å². The monoisotopic (exact) mass is 320 g/mol. The minimum absolute atomic E-state index is 0.263. The molecule has 1 aromatic rings. The molecule has 20 heavy (non-hydrogen) atoms. The third kappa shape index (κ3) is 4.86. The van der Waals surface area contributed by atoms with E-state index in [1.807, 2.05) is 13.8 Å². The van der Waals surface area contributed by atoms with Gasteiger partial charge in [0.1, 0.15) is 9.79 Å². The van der Waals surface area contributed by atoms with Gasteiger partial charge in [-0.05, 0) is 30.9 Å². The van der Waals surface area contributed by atoms with Crippen molar-refractivity contribution in [3.63, 3.8) is 0 Å². The van der Waals surface area contributed by atoms with Crippen LogP contribution >= 0.6 is 0 Å². The third-order valence-corrected chi connectivity index (χ3v) is 5.31. The van der Waals surface area contributed by atoms with Crippen LogP contribution in [0.4, 0.5) is 0 Å². The number of sulfonamides is 2. The Bertz CT molecular complexity index is 652. The summed E-state index contributed by atoms with van der Waals surface area (Å²) in [5.41, 5.74) is 0. The SMILES string of the molecule is CC(C)CCCNS(=O)(=O)c1ccccc1S(N)(=O)=O. The highest BCUT2D eigenvalue weighted by Gasteiger charge is 2.23. The van der Waals surface area contributed by atoms with Crippen LogP contribution < -0.4 is 9.86 Å². The summed E-state index contributed by atoms with van der Waals surface area (Å²) in [5.74, 6) is 0.483. The van der Waals surface area contributed by atoms with E-state index in [0.717, 1.165) is 6.42 Å². The van der Waals surface area contributed by atoms with E-state index < -0.39 is 24.9 Å². The lowest BCUT2D eigenvalue weighted by Gasteiger charge is -2.10. The maximum atomic E-state index is 12.1. The number of hydrogen-bond donors (Lipinski definition) is 2. The first-order chi connectivity index (χ1) is 9.14. The van der Waals surface area contributed by atoms with E-state index in [0.29, 0.717) is 12.3 Å². The smallest absolute Gasteiger partial charge is 0.225 e. The summed E-state index contributed by atoms with van der Waals surface area (Å²) in [6.07, 6.45) is 1.58. The Hall–Kier alpha value is -0.960. The summed E-state index contributed by atoms with van der Waals surface area (Å²) >= 11 is 0. The Balaban J connectivity index is 2.94. The Kier molecular flexibility index (Phi) is 5.69. The number of hydrogen-bond acceptors (Lipinski definition) is 4. The van der Waals surface area contributed by atoms with Crippen molar-refractivity contribution >= 4 is 20.0 Å². The lowest BCUT2D eigenvalue weighted by Crippen LogP contribution is -2.27. The molecule has 0 saturated heterocycles. The fourth-order valence-electron chi connectivity index (χ4n) is 1.70. The molecule has 1 aromatic carbocycles. The third-order valence-electron chi connectivity index (χ3n) is 2.70. The predicted molar refractivity (Wildman–Crippen MR) is 77.1 cm³/mol. The maximum Gasteiger partial charge on any atom is 0.241 e.